The fourth-order valence-electron chi connectivity index (χ4n) is 2.38. The maximum Gasteiger partial charge on any atom is 0.231 e. The lowest BCUT2D eigenvalue weighted by molar-refractivity contribution is 0.103. The zero-order valence-corrected chi connectivity index (χ0v) is 17.0. The van der Waals surface area contributed by atoms with Crippen molar-refractivity contribution in [3.63, 3.8) is 0 Å². The summed E-state index contributed by atoms with van der Waals surface area (Å²) in [6.07, 6.45) is 0.215. The number of benzene rings is 2. The lowest BCUT2D eigenvalue weighted by Crippen LogP contribution is -2.15. The van der Waals surface area contributed by atoms with Gasteiger partial charge in [0.2, 0.25) is 18.2 Å². The summed E-state index contributed by atoms with van der Waals surface area (Å²) in [5.41, 5.74) is -2.02. The first kappa shape index (κ1) is 20.5. The van der Waals surface area contributed by atoms with Crippen LogP contribution < -0.4 is 0 Å². The molecule has 0 aromatic heterocycles. The summed E-state index contributed by atoms with van der Waals surface area (Å²) in [6.45, 7) is 1.72. The number of hydrogen-bond donors (Lipinski definition) is 0. The third-order valence-corrected chi connectivity index (χ3v) is 7.64. The molecule has 0 saturated carbocycles. The maximum atomic E-state index is 13.5. The van der Waals surface area contributed by atoms with Gasteiger partial charge in [0.1, 0.15) is 0 Å². The Kier molecular flexibility index (Phi) is 6.75. The van der Waals surface area contributed by atoms with E-state index >= 15 is 0 Å². The van der Waals surface area contributed by atoms with E-state index in [1.807, 2.05) is 0 Å². The van der Waals surface area contributed by atoms with Crippen LogP contribution in [-0.4, -0.2) is 17.2 Å². The van der Waals surface area contributed by atoms with Gasteiger partial charge in [-0.25, -0.2) is 0 Å². The van der Waals surface area contributed by atoms with Gasteiger partial charge in [-0.15, -0.1) is 0 Å². The van der Waals surface area contributed by atoms with Crippen LogP contribution in [0.15, 0.2) is 36.4 Å². The predicted octanol–water partition coefficient (Wildman–Crippen LogP) is 7.05. The Bertz CT molecular complexity index is 787. The largest absolute Gasteiger partial charge is 0.307 e. The van der Waals surface area contributed by atoms with Crippen LogP contribution in [-0.2, 0) is 4.57 Å². The molecule has 0 aliphatic carbocycles. The molecule has 2 aromatic rings. The van der Waals surface area contributed by atoms with Gasteiger partial charge in [-0.2, -0.15) is 0 Å². The molecule has 0 atom stereocenters. The molecular weight excluding hydrogens is 425 g/mol. The molecule has 0 saturated heterocycles. The Morgan fingerprint density at radius 3 is 1.40 bits per heavy atom. The molecule has 2 aromatic carbocycles. The van der Waals surface area contributed by atoms with Crippen molar-refractivity contribution in [1.82, 2.24) is 0 Å². The molecule has 0 radical (unpaired) electrons. The molecule has 132 valence electrons. The molecule has 0 N–H and O–H groups in total. The van der Waals surface area contributed by atoms with E-state index in [4.69, 9.17) is 46.4 Å². The third-order valence-electron chi connectivity index (χ3n) is 3.55. The van der Waals surface area contributed by atoms with Gasteiger partial charge in [-0.05, 0) is 30.7 Å². The van der Waals surface area contributed by atoms with Crippen molar-refractivity contribution in [2.24, 2.45) is 0 Å². The highest BCUT2D eigenvalue weighted by Gasteiger charge is 2.43. The SMILES string of the molecule is CCCP(=O)(C(=O)c1c(Cl)cccc1Cl)C(=O)c1c(Cl)cccc1Cl. The average molecular weight is 438 g/mol. The number of hydrogen-bond acceptors (Lipinski definition) is 3. The average Bonchev–Trinajstić information content (AvgIpc) is 2.54. The van der Waals surface area contributed by atoms with E-state index in [0.717, 1.165) is 0 Å². The van der Waals surface area contributed by atoms with Crippen LogP contribution in [0.2, 0.25) is 20.1 Å². The maximum absolute atomic E-state index is 13.5. The summed E-state index contributed by atoms with van der Waals surface area (Å²) in [6, 6.07) is 8.90. The van der Waals surface area contributed by atoms with Gasteiger partial charge in [0, 0.05) is 6.16 Å². The summed E-state index contributed by atoms with van der Waals surface area (Å²) in [5, 5.41) is 0.137. The van der Waals surface area contributed by atoms with Gasteiger partial charge in [0.25, 0.3) is 0 Å². The lowest BCUT2D eigenvalue weighted by Gasteiger charge is -2.18. The number of carbonyl (C=O) groups excluding carboxylic acids is 2. The van der Waals surface area contributed by atoms with E-state index in [9.17, 15) is 14.2 Å². The molecule has 8 heteroatoms. The van der Waals surface area contributed by atoms with Gasteiger partial charge in [0.05, 0.1) is 31.2 Å². The number of carbonyl (C=O) groups is 2. The fraction of sp³-hybridized carbons (Fsp3) is 0.176. The number of rotatable bonds is 6. The van der Waals surface area contributed by atoms with Crippen molar-refractivity contribution < 1.29 is 14.2 Å². The van der Waals surface area contributed by atoms with Gasteiger partial charge < -0.3 is 4.57 Å². The van der Waals surface area contributed by atoms with Crippen LogP contribution in [0, 0.1) is 0 Å². The van der Waals surface area contributed by atoms with E-state index in [1.54, 1.807) is 19.1 Å². The molecule has 0 bridgehead atoms. The zero-order valence-electron chi connectivity index (χ0n) is 13.1. The molecule has 2 rings (SSSR count). The van der Waals surface area contributed by atoms with E-state index in [-0.39, 0.29) is 37.4 Å². The van der Waals surface area contributed by atoms with Gasteiger partial charge >= 0.3 is 0 Å². The molecule has 25 heavy (non-hydrogen) atoms. The molecule has 0 aliphatic heterocycles. The fourth-order valence-corrected chi connectivity index (χ4v) is 6.20. The van der Waals surface area contributed by atoms with Crippen LogP contribution in [0.4, 0.5) is 0 Å². The van der Waals surface area contributed by atoms with Crippen molar-refractivity contribution in [1.29, 1.82) is 0 Å². The molecule has 0 aliphatic rings. The first-order chi connectivity index (χ1) is 11.7. The van der Waals surface area contributed by atoms with E-state index in [1.165, 1.54) is 24.3 Å². The molecule has 0 fully saturated rings. The smallest absolute Gasteiger partial charge is 0.231 e. The minimum atomic E-state index is -4.07. The molecule has 0 unspecified atom stereocenters. The highest BCUT2D eigenvalue weighted by Crippen LogP contribution is 2.55. The molecule has 0 spiro atoms. The number of halogens is 4. The Balaban J connectivity index is 2.65. The van der Waals surface area contributed by atoms with E-state index in [0.29, 0.717) is 6.42 Å². The van der Waals surface area contributed by atoms with Crippen molar-refractivity contribution >= 4 is 64.6 Å². The Hall–Kier alpha value is -0.830. The highest BCUT2D eigenvalue weighted by molar-refractivity contribution is 7.95. The van der Waals surface area contributed by atoms with Crippen LogP contribution in [0.5, 0.6) is 0 Å². The second kappa shape index (κ2) is 8.24. The molecule has 0 amide bonds. The Morgan fingerprint density at radius 1 is 0.800 bits per heavy atom. The normalized spacial score (nSPS) is 11.4. The molecular formula is C17H13Cl4O3P. The Labute approximate surface area is 165 Å². The van der Waals surface area contributed by atoms with Gasteiger partial charge in [-0.1, -0.05) is 65.5 Å². The molecule has 3 nitrogen and oxygen atoms in total. The zero-order chi connectivity index (χ0) is 18.8. The van der Waals surface area contributed by atoms with E-state index in [2.05, 4.69) is 0 Å². The highest BCUT2D eigenvalue weighted by atomic mass is 35.5. The van der Waals surface area contributed by atoms with Crippen molar-refractivity contribution in [3.05, 3.63) is 67.6 Å². The van der Waals surface area contributed by atoms with Crippen LogP contribution >= 0.6 is 53.5 Å². The van der Waals surface area contributed by atoms with Crippen LogP contribution in [0.25, 0.3) is 0 Å². The minimum Gasteiger partial charge on any atom is -0.307 e. The molecule has 0 heterocycles. The summed E-state index contributed by atoms with van der Waals surface area (Å²) >= 11 is 24.2. The second-order valence-corrected chi connectivity index (χ2v) is 9.63. The minimum absolute atomic E-state index is 0.0342. The third kappa shape index (κ3) is 3.97. The summed E-state index contributed by atoms with van der Waals surface area (Å²) in [4.78, 5) is 26.0. The van der Waals surface area contributed by atoms with Crippen molar-refractivity contribution in [2.45, 2.75) is 13.3 Å². The van der Waals surface area contributed by atoms with Gasteiger partial charge in [0.15, 0.2) is 0 Å². The first-order valence-corrected chi connectivity index (χ1v) is 10.7. The second-order valence-electron chi connectivity index (χ2n) is 5.27. The van der Waals surface area contributed by atoms with Crippen molar-refractivity contribution in [2.75, 3.05) is 6.16 Å². The Morgan fingerprint density at radius 2 is 1.12 bits per heavy atom. The quantitative estimate of drug-likeness (QED) is 0.454. The summed E-state index contributed by atoms with van der Waals surface area (Å²) < 4.78 is 13.5. The monoisotopic (exact) mass is 436 g/mol. The van der Waals surface area contributed by atoms with E-state index < -0.39 is 18.2 Å². The van der Waals surface area contributed by atoms with Crippen LogP contribution in [0.1, 0.15) is 34.1 Å². The van der Waals surface area contributed by atoms with Crippen LogP contribution in [0.3, 0.4) is 0 Å². The van der Waals surface area contributed by atoms with Gasteiger partial charge in [-0.3, -0.25) is 9.59 Å². The summed E-state index contributed by atoms with van der Waals surface area (Å²) in [5.74, 6) is 0. The topological polar surface area (TPSA) is 51.2 Å². The first-order valence-electron chi connectivity index (χ1n) is 7.31. The predicted molar refractivity (Wildman–Crippen MR) is 104 cm³/mol. The van der Waals surface area contributed by atoms with Crippen molar-refractivity contribution in [3.8, 4) is 0 Å². The standard InChI is InChI=1S/C17H13Cl4O3P/c1-2-9-25(24,16(22)14-10(18)5-3-6-11(14)19)17(23)15-12(20)7-4-8-13(15)21/h3-8H,2,9H2,1H3. The lowest BCUT2D eigenvalue weighted by atomic mass is 10.2. The summed E-state index contributed by atoms with van der Waals surface area (Å²) in [7, 11) is -4.07.